The summed E-state index contributed by atoms with van der Waals surface area (Å²) in [6.45, 7) is 0.924. The van der Waals surface area contributed by atoms with Gasteiger partial charge in [0.1, 0.15) is 5.75 Å². The molecule has 6 nitrogen and oxygen atoms in total. The number of carbonyl (C=O) groups excluding carboxylic acids is 1. The Morgan fingerprint density at radius 1 is 0.976 bits per heavy atom. The van der Waals surface area contributed by atoms with E-state index in [9.17, 15) is 4.79 Å². The number of hydrogen-bond acceptors (Lipinski definition) is 5. The van der Waals surface area contributed by atoms with Crippen LogP contribution in [-0.4, -0.2) is 42.2 Å². The monoisotopic (exact) mass is 646 g/mol. The molecule has 2 N–H and O–H groups in total. The van der Waals surface area contributed by atoms with Crippen LogP contribution in [0.15, 0.2) is 113 Å². The standard InChI is InChI=1S/C34H32BrClN2O4/c35-28-14-10-25(11-15-28)23-34(33(40)37-19-18-24-6-4-9-29(36)22-24)31(26-7-2-1-3-8-26)42-32(38-34)27-12-16-30(17-13-27)41-21-5-20-39/h1-4,6-17,22,31,39H,5,18-21,23H2,(H,37,40)/t31-,34-/m1/s1. The van der Waals surface area contributed by atoms with Gasteiger partial charge in [0.15, 0.2) is 11.6 Å². The van der Waals surface area contributed by atoms with Gasteiger partial charge >= 0.3 is 0 Å². The first-order valence-corrected chi connectivity index (χ1v) is 15.1. The zero-order valence-corrected chi connectivity index (χ0v) is 25.4. The van der Waals surface area contributed by atoms with Crippen molar-refractivity contribution in [1.82, 2.24) is 5.32 Å². The number of aliphatic hydroxyl groups is 1. The Kier molecular flexibility index (Phi) is 9.95. The summed E-state index contributed by atoms with van der Waals surface area (Å²) in [5, 5.41) is 12.9. The van der Waals surface area contributed by atoms with E-state index in [2.05, 4.69) is 21.2 Å². The van der Waals surface area contributed by atoms with Crippen molar-refractivity contribution >= 4 is 39.3 Å². The number of benzene rings is 4. The molecule has 0 saturated carbocycles. The van der Waals surface area contributed by atoms with Gasteiger partial charge in [-0.15, -0.1) is 0 Å². The maximum absolute atomic E-state index is 14.3. The molecule has 42 heavy (non-hydrogen) atoms. The lowest BCUT2D eigenvalue weighted by Gasteiger charge is -2.31. The van der Waals surface area contributed by atoms with E-state index in [1.54, 1.807) is 0 Å². The summed E-state index contributed by atoms with van der Waals surface area (Å²) in [4.78, 5) is 19.4. The minimum absolute atomic E-state index is 0.0746. The fourth-order valence-corrected chi connectivity index (χ4v) is 5.47. The molecule has 2 atom stereocenters. The lowest BCUT2D eigenvalue weighted by atomic mass is 9.82. The molecule has 4 aromatic carbocycles. The molecule has 0 bridgehead atoms. The molecule has 0 unspecified atom stereocenters. The second-order valence-electron chi connectivity index (χ2n) is 10.1. The molecule has 0 aromatic heterocycles. The van der Waals surface area contributed by atoms with Crippen LogP contribution in [0.3, 0.4) is 0 Å². The van der Waals surface area contributed by atoms with Crippen molar-refractivity contribution in [2.24, 2.45) is 4.99 Å². The molecule has 0 saturated heterocycles. The summed E-state index contributed by atoms with van der Waals surface area (Å²) >= 11 is 9.69. The predicted octanol–water partition coefficient (Wildman–Crippen LogP) is 6.72. The number of nitrogens with zero attached hydrogens (tertiary/aromatic N) is 1. The molecule has 0 spiro atoms. The number of nitrogens with one attached hydrogen (secondary N) is 1. The zero-order chi connectivity index (χ0) is 29.4. The van der Waals surface area contributed by atoms with E-state index >= 15 is 0 Å². The fraction of sp³-hybridized carbons (Fsp3) is 0.235. The molecular weight excluding hydrogens is 616 g/mol. The third-order valence-electron chi connectivity index (χ3n) is 7.11. The van der Waals surface area contributed by atoms with Gasteiger partial charge in [-0.05, 0) is 71.6 Å². The van der Waals surface area contributed by atoms with Crippen LogP contribution >= 0.6 is 27.5 Å². The van der Waals surface area contributed by atoms with Gasteiger partial charge in [0.25, 0.3) is 5.91 Å². The van der Waals surface area contributed by atoms with Crippen LogP contribution < -0.4 is 10.1 Å². The molecule has 0 aliphatic carbocycles. The quantitative estimate of drug-likeness (QED) is 0.167. The largest absolute Gasteiger partial charge is 0.494 e. The van der Waals surface area contributed by atoms with Crippen molar-refractivity contribution in [3.8, 4) is 5.75 Å². The van der Waals surface area contributed by atoms with Crippen molar-refractivity contribution in [3.63, 3.8) is 0 Å². The minimum Gasteiger partial charge on any atom is -0.494 e. The highest BCUT2D eigenvalue weighted by atomic mass is 79.9. The smallest absolute Gasteiger partial charge is 0.252 e. The zero-order valence-electron chi connectivity index (χ0n) is 23.0. The highest BCUT2D eigenvalue weighted by molar-refractivity contribution is 9.10. The van der Waals surface area contributed by atoms with Crippen LogP contribution in [0.5, 0.6) is 5.75 Å². The van der Waals surface area contributed by atoms with Crippen molar-refractivity contribution in [2.45, 2.75) is 30.9 Å². The Labute approximate surface area is 259 Å². The van der Waals surface area contributed by atoms with Crippen LogP contribution in [0.25, 0.3) is 0 Å². The average molecular weight is 648 g/mol. The Morgan fingerprint density at radius 3 is 2.45 bits per heavy atom. The van der Waals surface area contributed by atoms with E-state index in [1.807, 2.05) is 103 Å². The average Bonchev–Trinajstić information content (AvgIpc) is 3.40. The van der Waals surface area contributed by atoms with Crippen LogP contribution in [0.2, 0.25) is 5.02 Å². The first-order valence-electron chi connectivity index (χ1n) is 13.9. The number of aliphatic hydroxyl groups excluding tert-OH is 1. The van der Waals surface area contributed by atoms with Crippen LogP contribution in [-0.2, 0) is 22.4 Å². The summed E-state index contributed by atoms with van der Waals surface area (Å²) in [5.41, 5.74) is 2.36. The van der Waals surface area contributed by atoms with Gasteiger partial charge in [0.05, 0.1) is 6.61 Å². The molecule has 1 aliphatic rings. The Balaban J connectivity index is 1.49. The molecule has 0 radical (unpaired) electrons. The Morgan fingerprint density at radius 2 is 1.74 bits per heavy atom. The van der Waals surface area contributed by atoms with Crippen molar-refractivity contribution in [2.75, 3.05) is 19.8 Å². The third kappa shape index (κ3) is 7.21. The minimum atomic E-state index is -1.25. The van der Waals surface area contributed by atoms with E-state index in [1.165, 1.54) is 0 Å². The number of hydrogen-bond donors (Lipinski definition) is 2. The molecule has 4 aromatic rings. The first kappa shape index (κ1) is 29.8. The SMILES string of the molecule is O=C(NCCc1cccc(Cl)c1)[C@]1(Cc2ccc(Br)cc2)N=C(c2ccc(OCCCO)cc2)O[C@@H]1c1ccccc1. The maximum atomic E-state index is 14.3. The summed E-state index contributed by atoms with van der Waals surface area (Å²) < 4.78 is 13.2. The number of ether oxygens (including phenoxy) is 2. The molecule has 1 heterocycles. The van der Waals surface area contributed by atoms with E-state index in [-0.39, 0.29) is 12.5 Å². The third-order valence-corrected chi connectivity index (χ3v) is 7.87. The second kappa shape index (κ2) is 14.0. The van der Waals surface area contributed by atoms with Gasteiger partial charge in [0.2, 0.25) is 5.90 Å². The number of amides is 1. The summed E-state index contributed by atoms with van der Waals surface area (Å²) in [6, 6.07) is 32.8. The van der Waals surface area contributed by atoms with Crippen LogP contribution in [0.4, 0.5) is 0 Å². The van der Waals surface area contributed by atoms with E-state index in [0.29, 0.717) is 49.1 Å². The lowest BCUT2D eigenvalue weighted by molar-refractivity contribution is -0.128. The van der Waals surface area contributed by atoms with Gasteiger partial charge in [-0.1, -0.05) is 82.1 Å². The van der Waals surface area contributed by atoms with Gasteiger partial charge in [-0.25, -0.2) is 4.99 Å². The number of aliphatic imine (C=N–C) groups is 1. The number of halogens is 2. The molecule has 1 amide bonds. The van der Waals surface area contributed by atoms with Crippen LogP contribution in [0, 0.1) is 0 Å². The highest BCUT2D eigenvalue weighted by Crippen LogP contribution is 2.42. The molecule has 8 heteroatoms. The van der Waals surface area contributed by atoms with Gasteiger partial charge in [-0.3, -0.25) is 4.79 Å². The summed E-state index contributed by atoms with van der Waals surface area (Å²) in [7, 11) is 0. The number of rotatable bonds is 12. The Hall–Kier alpha value is -3.65. The van der Waals surface area contributed by atoms with E-state index in [0.717, 1.165) is 26.7 Å². The predicted molar refractivity (Wildman–Crippen MR) is 169 cm³/mol. The molecule has 216 valence electrons. The van der Waals surface area contributed by atoms with Crippen molar-refractivity contribution < 1.29 is 19.4 Å². The van der Waals surface area contributed by atoms with Gasteiger partial charge in [-0.2, -0.15) is 0 Å². The molecular formula is C34H32BrClN2O4. The van der Waals surface area contributed by atoms with E-state index < -0.39 is 11.6 Å². The first-order chi connectivity index (χ1) is 20.5. The normalized spacial score (nSPS) is 17.8. The summed E-state index contributed by atoms with van der Waals surface area (Å²) in [6.07, 6.45) is 0.881. The molecule has 1 aliphatic heterocycles. The fourth-order valence-electron chi connectivity index (χ4n) is 4.99. The molecule has 5 rings (SSSR count). The Bertz CT molecular complexity index is 1510. The molecule has 0 fully saturated rings. The lowest BCUT2D eigenvalue weighted by Crippen LogP contribution is -2.50. The van der Waals surface area contributed by atoms with Crippen LogP contribution in [0.1, 0.15) is 34.8 Å². The number of carbonyl (C=O) groups is 1. The maximum Gasteiger partial charge on any atom is 0.252 e. The van der Waals surface area contributed by atoms with E-state index in [4.69, 9.17) is 31.2 Å². The van der Waals surface area contributed by atoms with Crippen molar-refractivity contribution in [1.29, 1.82) is 0 Å². The van der Waals surface area contributed by atoms with Gasteiger partial charge in [0, 0.05) is 41.1 Å². The topological polar surface area (TPSA) is 80.2 Å². The van der Waals surface area contributed by atoms with Crippen molar-refractivity contribution in [3.05, 3.63) is 135 Å². The summed E-state index contributed by atoms with van der Waals surface area (Å²) in [5.74, 6) is 0.874. The van der Waals surface area contributed by atoms with Gasteiger partial charge < -0.3 is 19.9 Å². The highest BCUT2D eigenvalue weighted by Gasteiger charge is 2.53. The second-order valence-corrected chi connectivity index (χ2v) is 11.5.